The van der Waals surface area contributed by atoms with Crippen LogP contribution < -0.4 is 0 Å². The van der Waals surface area contributed by atoms with Gasteiger partial charge in [0, 0.05) is 42.9 Å². The minimum atomic E-state index is 0.154. The van der Waals surface area contributed by atoms with E-state index in [1.807, 2.05) is 24.0 Å². The first-order valence-electron chi connectivity index (χ1n) is 8.48. The van der Waals surface area contributed by atoms with Gasteiger partial charge in [-0.05, 0) is 63.8 Å². The molecule has 0 bridgehead atoms. The van der Waals surface area contributed by atoms with Crippen molar-refractivity contribution in [2.45, 2.75) is 46.1 Å². The quantitative estimate of drug-likeness (QED) is 0.818. The highest BCUT2D eigenvalue weighted by atomic mass is 16.2. The van der Waals surface area contributed by atoms with Crippen LogP contribution in [0.4, 0.5) is 0 Å². The summed E-state index contributed by atoms with van der Waals surface area (Å²) in [5.41, 5.74) is 4.41. The van der Waals surface area contributed by atoms with Gasteiger partial charge in [-0.1, -0.05) is 0 Å². The van der Waals surface area contributed by atoms with Crippen molar-refractivity contribution >= 4 is 5.91 Å². The molecular formula is C19H25N3O. The molecule has 2 aromatic rings. The van der Waals surface area contributed by atoms with E-state index in [1.54, 1.807) is 12.4 Å². The first-order chi connectivity index (χ1) is 11.1. The molecular weight excluding hydrogens is 286 g/mol. The van der Waals surface area contributed by atoms with Crippen molar-refractivity contribution < 1.29 is 4.79 Å². The summed E-state index contributed by atoms with van der Waals surface area (Å²) in [5.74, 6) is 0.154. The van der Waals surface area contributed by atoms with Crippen molar-refractivity contribution in [2.75, 3.05) is 13.1 Å². The number of likely N-dealkylation sites (N-methyl/N-ethyl adjacent to an activating group) is 1. The molecule has 122 valence electrons. The molecule has 0 aromatic carbocycles. The van der Waals surface area contributed by atoms with Crippen LogP contribution in [0, 0.1) is 13.8 Å². The molecule has 1 aliphatic rings. The van der Waals surface area contributed by atoms with Crippen molar-refractivity contribution in [3.05, 3.63) is 53.1 Å². The second kappa shape index (κ2) is 6.57. The van der Waals surface area contributed by atoms with Crippen LogP contribution in [-0.4, -0.2) is 33.4 Å². The van der Waals surface area contributed by atoms with Crippen molar-refractivity contribution in [2.24, 2.45) is 0 Å². The van der Waals surface area contributed by atoms with Gasteiger partial charge in [0.1, 0.15) is 0 Å². The molecule has 4 heteroatoms. The van der Waals surface area contributed by atoms with E-state index in [0.717, 1.165) is 30.8 Å². The lowest BCUT2D eigenvalue weighted by atomic mass is 10.1. The summed E-state index contributed by atoms with van der Waals surface area (Å²) in [6.07, 6.45) is 6.95. The minimum absolute atomic E-state index is 0.154. The first kappa shape index (κ1) is 15.8. The molecule has 0 spiro atoms. The third-order valence-corrected chi connectivity index (χ3v) is 4.72. The Morgan fingerprint density at radius 2 is 2.00 bits per heavy atom. The molecule has 1 fully saturated rings. The maximum atomic E-state index is 12.9. The van der Waals surface area contributed by atoms with Gasteiger partial charge in [0.15, 0.2) is 0 Å². The predicted molar refractivity (Wildman–Crippen MR) is 91.7 cm³/mol. The molecule has 1 aliphatic carbocycles. The molecule has 23 heavy (non-hydrogen) atoms. The zero-order valence-electron chi connectivity index (χ0n) is 14.2. The zero-order valence-corrected chi connectivity index (χ0v) is 14.2. The largest absolute Gasteiger partial charge is 0.345 e. The second-order valence-electron chi connectivity index (χ2n) is 6.38. The van der Waals surface area contributed by atoms with Crippen LogP contribution >= 0.6 is 0 Å². The molecule has 0 unspecified atom stereocenters. The van der Waals surface area contributed by atoms with E-state index in [-0.39, 0.29) is 5.91 Å². The van der Waals surface area contributed by atoms with Crippen molar-refractivity contribution in [3.8, 4) is 0 Å². The van der Waals surface area contributed by atoms with E-state index in [0.29, 0.717) is 6.04 Å². The standard InChI is InChI=1S/C19H25N3O/c1-4-21(12-9-16-7-10-20-11-8-16)19(23)18-13-14(2)22(15(18)3)17-5-6-17/h7-8,10-11,13,17H,4-6,9,12H2,1-3H3. The average Bonchev–Trinajstić information content (AvgIpc) is 3.34. The SMILES string of the molecule is CCN(CCc1ccncc1)C(=O)c1cc(C)n(C2CC2)c1C. The van der Waals surface area contributed by atoms with Gasteiger partial charge < -0.3 is 9.47 Å². The molecule has 1 amide bonds. The summed E-state index contributed by atoms with van der Waals surface area (Å²) in [5, 5.41) is 0. The van der Waals surface area contributed by atoms with Crippen LogP contribution in [0.25, 0.3) is 0 Å². The lowest BCUT2D eigenvalue weighted by molar-refractivity contribution is 0.0765. The van der Waals surface area contributed by atoms with Gasteiger partial charge in [-0.25, -0.2) is 0 Å². The van der Waals surface area contributed by atoms with Crippen molar-refractivity contribution in [1.29, 1.82) is 0 Å². The summed E-state index contributed by atoms with van der Waals surface area (Å²) < 4.78 is 2.34. The Morgan fingerprint density at radius 3 is 2.61 bits per heavy atom. The van der Waals surface area contributed by atoms with E-state index in [1.165, 1.54) is 24.1 Å². The molecule has 0 aliphatic heterocycles. The fourth-order valence-electron chi connectivity index (χ4n) is 3.28. The van der Waals surface area contributed by atoms with Gasteiger partial charge in [0.25, 0.3) is 5.91 Å². The van der Waals surface area contributed by atoms with E-state index < -0.39 is 0 Å². The van der Waals surface area contributed by atoms with Crippen LogP contribution in [-0.2, 0) is 6.42 Å². The Hall–Kier alpha value is -2.10. The number of rotatable bonds is 6. The Balaban J connectivity index is 1.73. The fourth-order valence-corrected chi connectivity index (χ4v) is 3.28. The Kier molecular flexibility index (Phi) is 4.51. The van der Waals surface area contributed by atoms with Gasteiger partial charge in [0.2, 0.25) is 0 Å². The Labute approximate surface area is 138 Å². The molecule has 2 aromatic heterocycles. The van der Waals surface area contributed by atoms with Crippen LogP contribution in [0.1, 0.15) is 53.1 Å². The summed E-state index contributed by atoms with van der Waals surface area (Å²) >= 11 is 0. The highest BCUT2D eigenvalue weighted by Gasteiger charge is 2.29. The second-order valence-corrected chi connectivity index (χ2v) is 6.38. The van der Waals surface area contributed by atoms with Crippen LogP contribution in [0.15, 0.2) is 30.6 Å². The normalized spacial score (nSPS) is 14.0. The summed E-state index contributed by atoms with van der Waals surface area (Å²) in [4.78, 5) is 18.9. The van der Waals surface area contributed by atoms with Crippen molar-refractivity contribution in [1.82, 2.24) is 14.5 Å². The number of hydrogen-bond acceptors (Lipinski definition) is 2. The van der Waals surface area contributed by atoms with Gasteiger partial charge in [-0.2, -0.15) is 0 Å². The fraction of sp³-hybridized carbons (Fsp3) is 0.474. The lowest BCUT2D eigenvalue weighted by Gasteiger charge is -2.21. The predicted octanol–water partition coefficient (Wildman–Crippen LogP) is 3.54. The number of aryl methyl sites for hydroxylation is 1. The van der Waals surface area contributed by atoms with E-state index >= 15 is 0 Å². The summed E-state index contributed by atoms with van der Waals surface area (Å²) in [7, 11) is 0. The Morgan fingerprint density at radius 1 is 1.30 bits per heavy atom. The third-order valence-electron chi connectivity index (χ3n) is 4.72. The molecule has 4 nitrogen and oxygen atoms in total. The lowest BCUT2D eigenvalue weighted by Crippen LogP contribution is -2.33. The molecule has 0 radical (unpaired) electrons. The van der Waals surface area contributed by atoms with E-state index in [4.69, 9.17) is 0 Å². The maximum absolute atomic E-state index is 12.9. The molecule has 3 rings (SSSR count). The summed E-state index contributed by atoms with van der Waals surface area (Å²) in [6.45, 7) is 7.71. The van der Waals surface area contributed by atoms with Crippen molar-refractivity contribution in [3.63, 3.8) is 0 Å². The van der Waals surface area contributed by atoms with Crippen LogP contribution in [0.5, 0.6) is 0 Å². The number of nitrogens with zero attached hydrogens (tertiary/aromatic N) is 3. The topological polar surface area (TPSA) is 38.1 Å². The van der Waals surface area contributed by atoms with Gasteiger partial charge >= 0.3 is 0 Å². The average molecular weight is 311 g/mol. The molecule has 1 saturated carbocycles. The number of pyridine rings is 1. The van der Waals surface area contributed by atoms with Crippen LogP contribution in [0.3, 0.4) is 0 Å². The molecule has 0 atom stereocenters. The number of carbonyl (C=O) groups excluding carboxylic acids is 1. The Bertz CT molecular complexity index is 686. The molecule has 0 N–H and O–H groups in total. The van der Waals surface area contributed by atoms with Gasteiger partial charge in [0.05, 0.1) is 5.56 Å². The van der Waals surface area contributed by atoms with Gasteiger partial charge in [-0.3, -0.25) is 9.78 Å². The highest BCUT2D eigenvalue weighted by Crippen LogP contribution is 2.38. The van der Waals surface area contributed by atoms with E-state index in [2.05, 4.69) is 29.5 Å². The smallest absolute Gasteiger partial charge is 0.255 e. The zero-order chi connectivity index (χ0) is 16.4. The monoisotopic (exact) mass is 311 g/mol. The highest BCUT2D eigenvalue weighted by molar-refractivity contribution is 5.95. The molecule has 0 saturated heterocycles. The third kappa shape index (κ3) is 3.31. The first-order valence-corrected chi connectivity index (χ1v) is 8.48. The minimum Gasteiger partial charge on any atom is -0.345 e. The number of hydrogen-bond donors (Lipinski definition) is 0. The summed E-state index contributed by atoms with van der Waals surface area (Å²) in [6, 6.07) is 6.70. The molecule has 2 heterocycles. The van der Waals surface area contributed by atoms with Gasteiger partial charge in [-0.15, -0.1) is 0 Å². The number of amides is 1. The van der Waals surface area contributed by atoms with E-state index in [9.17, 15) is 4.79 Å². The number of carbonyl (C=O) groups is 1. The van der Waals surface area contributed by atoms with Crippen LogP contribution in [0.2, 0.25) is 0 Å². The number of aromatic nitrogens is 2. The maximum Gasteiger partial charge on any atom is 0.255 e.